The number of guanidine groups is 1. The summed E-state index contributed by atoms with van der Waals surface area (Å²) >= 11 is 0. The summed E-state index contributed by atoms with van der Waals surface area (Å²) in [6, 6.07) is 7.98. The van der Waals surface area contributed by atoms with Crippen LogP contribution in [0.5, 0.6) is 5.75 Å². The summed E-state index contributed by atoms with van der Waals surface area (Å²) < 4.78 is 7.46. The van der Waals surface area contributed by atoms with Gasteiger partial charge in [0.2, 0.25) is 0 Å². The molecule has 0 bridgehead atoms. The zero-order valence-electron chi connectivity index (χ0n) is 14.7. The third kappa shape index (κ3) is 5.07. The zero-order chi connectivity index (χ0) is 16.8. The van der Waals surface area contributed by atoms with Crippen LogP contribution in [0.2, 0.25) is 0 Å². The van der Waals surface area contributed by atoms with Crippen molar-refractivity contribution in [1.29, 1.82) is 0 Å². The smallest absolute Gasteiger partial charge is 0.191 e. The summed E-state index contributed by atoms with van der Waals surface area (Å²) in [5, 5.41) is 15.2. The van der Waals surface area contributed by atoms with Crippen LogP contribution < -0.4 is 15.4 Å². The lowest BCUT2D eigenvalue weighted by molar-refractivity contribution is 0.414. The first-order valence-electron chi connectivity index (χ1n) is 8.28. The standard InChI is InChI=1S/C17H24N6O.HI/c1-18-17(19-11-13-6-5-7-14(10-13)24-2)20-12-16-22-21-15-8-3-4-9-23(15)16;/h5-7,10H,3-4,8-9,11-12H2,1-2H3,(H2,18,19,20);1H. The van der Waals surface area contributed by atoms with Gasteiger partial charge in [0.15, 0.2) is 11.8 Å². The molecule has 0 fully saturated rings. The molecule has 3 rings (SSSR count). The Labute approximate surface area is 165 Å². The van der Waals surface area contributed by atoms with E-state index in [4.69, 9.17) is 4.74 Å². The molecular formula is C17H25IN6O. The quantitative estimate of drug-likeness (QED) is 0.410. The van der Waals surface area contributed by atoms with Crippen molar-refractivity contribution in [3.8, 4) is 5.75 Å². The number of ether oxygens (including phenoxy) is 1. The van der Waals surface area contributed by atoms with Gasteiger partial charge in [-0.2, -0.15) is 0 Å². The highest BCUT2D eigenvalue weighted by Gasteiger charge is 2.15. The van der Waals surface area contributed by atoms with E-state index in [1.54, 1.807) is 14.2 Å². The molecule has 136 valence electrons. The summed E-state index contributed by atoms with van der Waals surface area (Å²) in [4.78, 5) is 4.26. The molecule has 0 atom stereocenters. The molecule has 8 heteroatoms. The Morgan fingerprint density at radius 2 is 2.08 bits per heavy atom. The van der Waals surface area contributed by atoms with Gasteiger partial charge in [-0.15, -0.1) is 34.2 Å². The number of aliphatic imine (C=N–C) groups is 1. The van der Waals surface area contributed by atoms with Crippen molar-refractivity contribution in [1.82, 2.24) is 25.4 Å². The van der Waals surface area contributed by atoms with E-state index in [1.165, 1.54) is 12.8 Å². The van der Waals surface area contributed by atoms with Gasteiger partial charge in [0.1, 0.15) is 11.6 Å². The fraction of sp³-hybridized carbons (Fsp3) is 0.471. The maximum absolute atomic E-state index is 5.25. The molecule has 0 radical (unpaired) electrons. The summed E-state index contributed by atoms with van der Waals surface area (Å²) in [6.07, 6.45) is 3.42. The van der Waals surface area contributed by atoms with E-state index in [2.05, 4.69) is 36.5 Å². The van der Waals surface area contributed by atoms with Crippen molar-refractivity contribution in [2.24, 2.45) is 4.99 Å². The van der Waals surface area contributed by atoms with Crippen LogP contribution in [0, 0.1) is 0 Å². The zero-order valence-corrected chi connectivity index (χ0v) is 17.0. The lowest BCUT2D eigenvalue weighted by Crippen LogP contribution is -2.37. The van der Waals surface area contributed by atoms with Gasteiger partial charge >= 0.3 is 0 Å². The normalized spacial score (nSPS) is 13.6. The predicted octanol–water partition coefficient (Wildman–Crippen LogP) is 2.11. The highest BCUT2D eigenvalue weighted by Crippen LogP contribution is 2.14. The Kier molecular flexibility index (Phi) is 7.48. The maximum Gasteiger partial charge on any atom is 0.191 e. The second-order valence-corrected chi connectivity index (χ2v) is 5.77. The molecule has 1 aliphatic rings. The molecule has 2 aromatic rings. The van der Waals surface area contributed by atoms with Gasteiger partial charge in [-0.25, -0.2) is 0 Å². The SMILES string of the molecule is CN=C(NCc1cccc(OC)c1)NCc1nnc2n1CCCC2.I. The lowest BCUT2D eigenvalue weighted by Gasteiger charge is -2.16. The maximum atomic E-state index is 5.25. The van der Waals surface area contributed by atoms with Gasteiger partial charge in [-0.05, 0) is 30.5 Å². The second-order valence-electron chi connectivity index (χ2n) is 5.77. The van der Waals surface area contributed by atoms with E-state index >= 15 is 0 Å². The van der Waals surface area contributed by atoms with Crippen LogP contribution in [0.25, 0.3) is 0 Å². The minimum atomic E-state index is 0. The highest BCUT2D eigenvalue weighted by atomic mass is 127. The third-order valence-electron chi connectivity index (χ3n) is 4.17. The molecule has 2 N–H and O–H groups in total. The van der Waals surface area contributed by atoms with Crippen molar-refractivity contribution in [2.75, 3.05) is 14.2 Å². The van der Waals surface area contributed by atoms with Crippen LogP contribution in [0.3, 0.4) is 0 Å². The number of halogens is 1. The van der Waals surface area contributed by atoms with Gasteiger partial charge < -0.3 is 19.9 Å². The summed E-state index contributed by atoms with van der Waals surface area (Å²) in [6.45, 7) is 2.30. The fourth-order valence-electron chi connectivity index (χ4n) is 2.85. The van der Waals surface area contributed by atoms with Crippen molar-refractivity contribution < 1.29 is 4.74 Å². The van der Waals surface area contributed by atoms with Gasteiger partial charge in [0.05, 0.1) is 13.7 Å². The number of nitrogens with zero attached hydrogens (tertiary/aromatic N) is 4. The minimum absolute atomic E-state index is 0. The number of aryl methyl sites for hydroxylation is 1. The number of benzene rings is 1. The highest BCUT2D eigenvalue weighted by molar-refractivity contribution is 14.0. The van der Waals surface area contributed by atoms with Crippen LogP contribution >= 0.6 is 24.0 Å². The first-order valence-corrected chi connectivity index (χ1v) is 8.28. The molecule has 0 aliphatic carbocycles. The molecule has 0 saturated heterocycles. The first kappa shape index (κ1) is 19.5. The average molecular weight is 456 g/mol. The van der Waals surface area contributed by atoms with E-state index in [9.17, 15) is 0 Å². The monoisotopic (exact) mass is 456 g/mol. The van der Waals surface area contributed by atoms with Gasteiger partial charge in [0.25, 0.3) is 0 Å². The van der Waals surface area contributed by atoms with Crippen molar-refractivity contribution >= 4 is 29.9 Å². The second kappa shape index (κ2) is 9.59. The van der Waals surface area contributed by atoms with Gasteiger partial charge in [0, 0.05) is 26.6 Å². The Balaban J connectivity index is 0.00000225. The van der Waals surface area contributed by atoms with Crippen LogP contribution in [0.1, 0.15) is 30.1 Å². The molecule has 0 saturated carbocycles. The van der Waals surface area contributed by atoms with Crippen molar-refractivity contribution in [3.05, 3.63) is 41.5 Å². The summed E-state index contributed by atoms with van der Waals surface area (Å²) in [5.41, 5.74) is 1.14. The Bertz CT molecular complexity index is 715. The van der Waals surface area contributed by atoms with Gasteiger partial charge in [-0.3, -0.25) is 4.99 Å². The number of hydrogen-bond donors (Lipinski definition) is 2. The average Bonchev–Trinajstić information content (AvgIpc) is 3.05. The van der Waals surface area contributed by atoms with Crippen molar-refractivity contribution in [2.45, 2.75) is 38.9 Å². The first-order chi connectivity index (χ1) is 11.8. The van der Waals surface area contributed by atoms with E-state index < -0.39 is 0 Å². The molecular weight excluding hydrogens is 431 g/mol. The van der Waals surface area contributed by atoms with E-state index in [-0.39, 0.29) is 24.0 Å². The predicted molar refractivity (Wildman–Crippen MR) is 108 cm³/mol. The molecule has 25 heavy (non-hydrogen) atoms. The number of methoxy groups -OCH3 is 1. The molecule has 2 heterocycles. The lowest BCUT2D eigenvalue weighted by atomic mass is 10.2. The number of hydrogen-bond acceptors (Lipinski definition) is 4. The van der Waals surface area contributed by atoms with E-state index in [0.29, 0.717) is 13.1 Å². The number of fused-ring (bicyclic) bond motifs is 1. The molecule has 1 aromatic heterocycles. The van der Waals surface area contributed by atoms with Crippen molar-refractivity contribution in [3.63, 3.8) is 0 Å². The van der Waals surface area contributed by atoms with Crippen LogP contribution in [0.4, 0.5) is 0 Å². The Morgan fingerprint density at radius 3 is 2.88 bits per heavy atom. The summed E-state index contributed by atoms with van der Waals surface area (Å²) in [5.74, 6) is 3.66. The molecule has 1 aromatic carbocycles. The molecule has 1 aliphatic heterocycles. The minimum Gasteiger partial charge on any atom is -0.497 e. The number of aromatic nitrogens is 3. The fourth-order valence-corrected chi connectivity index (χ4v) is 2.85. The van der Waals surface area contributed by atoms with E-state index in [1.807, 2.05) is 18.2 Å². The largest absolute Gasteiger partial charge is 0.497 e. The molecule has 0 amide bonds. The summed E-state index contributed by atoms with van der Waals surface area (Å²) in [7, 11) is 3.44. The van der Waals surface area contributed by atoms with E-state index in [0.717, 1.165) is 41.9 Å². The third-order valence-corrected chi connectivity index (χ3v) is 4.17. The van der Waals surface area contributed by atoms with Crippen LogP contribution in [-0.4, -0.2) is 34.9 Å². The number of nitrogens with one attached hydrogen (secondary N) is 2. The Morgan fingerprint density at radius 1 is 1.24 bits per heavy atom. The molecule has 7 nitrogen and oxygen atoms in total. The van der Waals surface area contributed by atoms with Crippen LogP contribution in [0.15, 0.2) is 29.3 Å². The topological polar surface area (TPSA) is 76.4 Å². The molecule has 0 spiro atoms. The van der Waals surface area contributed by atoms with Gasteiger partial charge in [-0.1, -0.05) is 12.1 Å². The number of rotatable bonds is 5. The molecule has 0 unspecified atom stereocenters. The Hall–Kier alpha value is -1.84. The van der Waals surface area contributed by atoms with Crippen LogP contribution in [-0.2, 0) is 26.1 Å².